The highest BCUT2D eigenvalue weighted by molar-refractivity contribution is 6.33. The Hall–Kier alpha value is -4.78. The average Bonchev–Trinajstić information content (AvgIpc) is 3.37. The van der Waals surface area contributed by atoms with Gasteiger partial charge in [0.25, 0.3) is 5.91 Å². The quantitative estimate of drug-likeness (QED) is 0.231. The Morgan fingerprint density at radius 3 is 2.68 bits per heavy atom. The molecule has 2 aliphatic rings. The fourth-order valence-electron chi connectivity index (χ4n) is 5.00. The molecule has 228 valence electrons. The van der Waals surface area contributed by atoms with E-state index in [-0.39, 0.29) is 12.6 Å². The molecule has 0 saturated heterocycles. The van der Waals surface area contributed by atoms with Crippen LogP contribution in [0.2, 0.25) is 5.02 Å². The fourth-order valence-corrected chi connectivity index (χ4v) is 5.20. The number of alkyl halides is 1. The van der Waals surface area contributed by atoms with E-state index in [9.17, 15) is 14.0 Å². The summed E-state index contributed by atoms with van der Waals surface area (Å²) in [7, 11) is 0. The van der Waals surface area contributed by atoms with Crippen molar-refractivity contribution < 1.29 is 18.7 Å². The van der Waals surface area contributed by atoms with Crippen molar-refractivity contribution in [1.82, 2.24) is 35.2 Å². The lowest BCUT2D eigenvalue weighted by molar-refractivity contribution is -0.129. The van der Waals surface area contributed by atoms with Crippen molar-refractivity contribution in [1.29, 1.82) is 0 Å². The van der Waals surface area contributed by atoms with E-state index in [0.717, 1.165) is 24.0 Å². The van der Waals surface area contributed by atoms with Crippen LogP contribution in [0, 0.1) is 0 Å². The first kappa shape index (κ1) is 29.3. The number of aliphatic imine (C=N–C) groups is 1. The third-order valence-corrected chi connectivity index (χ3v) is 7.90. The van der Waals surface area contributed by atoms with E-state index in [1.54, 1.807) is 18.2 Å². The maximum Gasteiger partial charge on any atom is 0.407 e. The van der Waals surface area contributed by atoms with E-state index in [2.05, 4.69) is 30.6 Å². The highest BCUT2D eigenvalue weighted by Crippen LogP contribution is 2.37. The third kappa shape index (κ3) is 6.00. The van der Waals surface area contributed by atoms with Crippen LogP contribution in [0.25, 0.3) is 22.5 Å². The first-order valence-electron chi connectivity index (χ1n) is 14.1. The average molecular weight is 620 g/mol. The maximum atomic E-state index is 13.9. The van der Waals surface area contributed by atoms with Crippen molar-refractivity contribution >= 4 is 29.6 Å². The predicted molar refractivity (Wildman–Crippen MR) is 161 cm³/mol. The van der Waals surface area contributed by atoms with Crippen LogP contribution in [-0.4, -0.2) is 66.6 Å². The van der Waals surface area contributed by atoms with E-state index in [0.29, 0.717) is 33.6 Å². The van der Waals surface area contributed by atoms with E-state index >= 15 is 0 Å². The number of aromatic nitrogens is 5. The molecule has 14 heteroatoms. The molecule has 44 heavy (non-hydrogen) atoms. The number of alkyl carbamates (subject to hydrolysis) is 1. The molecule has 2 amide bonds. The van der Waals surface area contributed by atoms with Gasteiger partial charge in [-0.1, -0.05) is 41.9 Å². The van der Waals surface area contributed by atoms with Gasteiger partial charge in [-0.15, -0.1) is 0 Å². The summed E-state index contributed by atoms with van der Waals surface area (Å²) in [5, 5.41) is 14.0. The van der Waals surface area contributed by atoms with Crippen LogP contribution < -0.4 is 11.1 Å². The van der Waals surface area contributed by atoms with Crippen molar-refractivity contribution in [3.63, 3.8) is 0 Å². The number of guanidine groups is 1. The van der Waals surface area contributed by atoms with Gasteiger partial charge in [-0.25, -0.2) is 19.2 Å². The molecule has 0 unspecified atom stereocenters. The Bertz CT molecular complexity index is 1700. The monoisotopic (exact) mass is 619 g/mol. The van der Waals surface area contributed by atoms with E-state index < -0.39 is 36.3 Å². The number of hydrogen-bond donors (Lipinski definition) is 3. The number of carbonyl (C=O) groups is 2. The van der Waals surface area contributed by atoms with E-state index in [1.165, 1.54) is 25.1 Å². The molecule has 12 nitrogen and oxygen atoms in total. The molecular weight excluding hydrogens is 589 g/mol. The van der Waals surface area contributed by atoms with Gasteiger partial charge in [0.05, 0.1) is 28.8 Å². The summed E-state index contributed by atoms with van der Waals surface area (Å²) in [4.78, 5) is 36.5. The zero-order valence-electron chi connectivity index (χ0n) is 24.1. The fraction of sp³-hybridized carbons (Fsp3) is 0.333. The molecule has 1 fully saturated rings. The molecule has 2 aromatic carbocycles. The Balaban J connectivity index is 1.27. The molecule has 0 radical (unpaired) electrons. The number of nitrogens with zero attached hydrogens (tertiary/aromatic N) is 6. The van der Waals surface area contributed by atoms with Crippen LogP contribution in [0.15, 0.2) is 66.2 Å². The first-order chi connectivity index (χ1) is 21.1. The molecule has 1 aliphatic heterocycles. The number of benzene rings is 2. The van der Waals surface area contributed by atoms with Gasteiger partial charge in [0.15, 0.2) is 17.8 Å². The molecule has 6 rings (SSSR count). The van der Waals surface area contributed by atoms with Gasteiger partial charge in [0, 0.05) is 17.3 Å². The minimum Gasteiger partial charge on any atom is -0.447 e. The van der Waals surface area contributed by atoms with Crippen LogP contribution in [-0.2, 0) is 9.53 Å². The number of hydrogen-bond acceptors (Lipinski definition) is 8. The molecule has 2 aromatic heterocycles. The number of nitrogens with one attached hydrogen (secondary N) is 2. The van der Waals surface area contributed by atoms with Gasteiger partial charge in [0.1, 0.15) is 19.6 Å². The number of nitrogens with two attached hydrogens (primary N) is 1. The molecule has 3 heterocycles. The summed E-state index contributed by atoms with van der Waals surface area (Å²) in [6.07, 6.45) is 6.65. The van der Waals surface area contributed by atoms with Crippen LogP contribution in [0.1, 0.15) is 55.9 Å². The molecule has 4 aromatic rings. The minimum atomic E-state index is -1.13. The Morgan fingerprint density at radius 2 is 2.00 bits per heavy atom. The smallest absolute Gasteiger partial charge is 0.407 e. The summed E-state index contributed by atoms with van der Waals surface area (Å²) >= 11 is 6.45. The Labute approximate surface area is 257 Å². The Morgan fingerprint density at radius 1 is 1.23 bits per heavy atom. The van der Waals surface area contributed by atoms with Crippen LogP contribution in [0.4, 0.5) is 9.18 Å². The van der Waals surface area contributed by atoms with Gasteiger partial charge < -0.3 is 15.8 Å². The zero-order chi connectivity index (χ0) is 31.0. The molecular formula is C30H31ClFN9O3. The van der Waals surface area contributed by atoms with Crippen molar-refractivity contribution in [3.8, 4) is 22.5 Å². The minimum absolute atomic E-state index is 0.0379. The molecule has 0 bridgehead atoms. The summed E-state index contributed by atoms with van der Waals surface area (Å²) in [6.45, 7) is 1.96. The topological polar surface area (TPSA) is 156 Å². The van der Waals surface area contributed by atoms with E-state index in [1.807, 2.05) is 41.3 Å². The lowest BCUT2D eigenvalue weighted by atomic mass is 10.00. The SMILES string of the molecule is CC(C)(CF)NC(=O)OC[C@H](c1ccc(Cl)c(-c2ncn[nH]2)c1)N1C(=O)[C@@H](c2ccc(-c3cnn(C4CC4)c3)cc2)N=C1N. The molecule has 1 saturated carbocycles. The lowest BCUT2D eigenvalue weighted by Gasteiger charge is -2.29. The van der Waals surface area contributed by atoms with Crippen molar-refractivity contribution in [2.45, 2.75) is 50.4 Å². The molecule has 0 spiro atoms. The molecule has 1 aliphatic carbocycles. The second-order valence-corrected chi connectivity index (χ2v) is 11.9. The zero-order valence-corrected chi connectivity index (χ0v) is 24.8. The number of halogens is 2. The summed E-state index contributed by atoms with van der Waals surface area (Å²) < 4.78 is 20.8. The third-order valence-electron chi connectivity index (χ3n) is 7.57. The van der Waals surface area contributed by atoms with Gasteiger partial charge in [-0.2, -0.15) is 10.2 Å². The largest absolute Gasteiger partial charge is 0.447 e. The van der Waals surface area contributed by atoms with Crippen LogP contribution in [0.3, 0.4) is 0 Å². The number of ether oxygens (including phenoxy) is 1. The summed E-state index contributed by atoms with van der Waals surface area (Å²) in [5.74, 6) is -0.0240. The van der Waals surface area contributed by atoms with Gasteiger partial charge >= 0.3 is 6.09 Å². The number of amides is 2. The Kier molecular flexibility index (Phi) is 7.80. The highest BCUT2D eigenvalue weighted by Gasteiger charge is 2.40. The van der Waals surface area contributed by atoms with Crippen LogP contribution in [0.5, 0.6) is 0 Å². The summed E-state index contributed by atoms with van der Waals surface area (Å²) in [5.41, 5.74) is 8.91. The van der Waals surface area contributed by atoms with Gasteiger partial charge in [0.2, 0.25) is 0 Å². The van der Waals surface area contributed by atoms with Gasteiger partial charge in [-0.3, -0.25) is 19.5 Å². The standard InChI is InChI=1S/C30H31ClFN9O3/c1-30(2,15-32)38-29(43)44-14-24(19-7-10-23(31)22(11-19)26-34-16-35-39-26)41-27(42)25(37-28(41)33)18-5-3-17(4-6-18)20-12-36-40(13-20)21-8-9-21/h3-7,10-13,16,21,24-25H,8-9,14-15H2,1-2H3,(H2,33,37)(H,38,43)(H,34,35,39)/t24-,25-/m1/s1. The van der Waals surface area contributed by atoms with Crippen molar-refractivity contribution in [3.05, 3.63) is 77.3 Å². The summed E-state index contributed by atoms with van der Waals surface area (Å²) in [6, 6.07) is 11.3. The van der Waals surface area contributed by atoms with Gasteiger partial charge in [-0.05, 0) is 55.5 Å². The normalized spacial score (nSPS) is 17.5. The second kappa shape index (κ2) is 11.7. The highest BCUT2D eigenvalue weighted by atomic mass is 35.5. The van der Waals surface area contributed by atoms with Crippen molar-refractivity contribution in [2.24, 2.45) is 10.7 Å². The number of carbonyl (C=O) groups excluding carboxylic acids is 2. The predicted octanol–water partition coefficient (Wildman–Crippen LogP) is 4.74. The first-order valence-corrected chi connectivity index (χ1v) is 14.5. The molecule has 4 N–H and O–H groups in total. The van der Waals surface area contributed by atoms with Crippen molar-refractivity contribution in [2.75, 3.05) is 13.3 Å². The molecule has 2 atom stereocenters. The number of rotatable bonds is 10. The van der Waals surface area contributed by atoms with Crippen LogP contribution >= 0.6 is 11.6 Å². The number of H-pyrrole nitrogens is 1. The number of aromatic amines is 1. The van der Waals surface area contributed by atoms with E-state index in [4.69, 9.17) is 22.1 Å². The second-order valence-electron chi connectivity index (χ2n) is 11.5. The lowest BCUT2D eigenvalue weighted by Crippen LogP contribution is -2.47. The maximum absolute atomic E-state index is 13.9.